The van der Waals surface area contributed by atoms with Gasteiger partial charge in [0.05, 0.1) is 5.69 Å². The van der Waals surface area contributed by atoms with Crippen molar-refractivity contribution in [2.24, 2.45) is 5.41 Å². The highest BCUT2D eigenvalue weighted by molar-refractivity contribution is 5.74. The number of nitrogens with zero attached hydrogens (tertiary/aromatic N) is 4. The molecule has 0 aliphatic carbocycles. The first kappa shape index (κ1) is 16.8. The first-order valence-corrected chi connectivity index (χ1v) is 9.90. The van der Waals surface area contributed by atoms with E-state index in [1.807, 2.05) is 17.2 Å². The number of pyridine rings is 1. The zero-order chi connectivity index (χ0) is 17.1. The van der Waals surface area contributed by atoms with Crippen molar-refractivity contribution in [3.8, 4) is 0 Å². The molecule has 3 saturated heterocycles. The molecule has 0 aromatic carbocycles. The molecular formula is C20H30N4O. The van der Waals surface area contributed by atoms with Crippen LogP contribution in [0.1, 0.15) is 44.2 Å². The second kappa shape index (κ2) is 7.32. The van der Waals surface area contributed by atoms with Crippen LogP contribution in [-0.2, 0) is 6.54 Å². The Kier molecular flexibility index (Phi) is 4.93. The van der Waals surface area contributed by atoms with Crippen LogP contribution in [0, 0.1) is 5.41 Å². The highest BCUT2D eigenvalue weighted by atomic mass is 16.2. The molecule has 0 N–H and O–H groups in total. The Morgan fingerprint density at radius 2 is 1.56 bits per heavy atom. The monoisotopic (exact) mass is 342 g/mol. The molecule has 1 aromatic heterocycles. The summed E-state index contributed by atoms with van der Waals surface area (Å²) in [4.78, 5) is 23.7. The SMILES string of the molecule is O=C(N1CCCC1)N1CCC2(CCN(Cc3ccccn3)CC2)CC1. The van der Waals surface area contributed by atoms with E-state index in [4.69, 9.17) is 0 Å². The molecule has 0 unspecified atom stereocenters. The van der Waals surface area contributed by atoms with Gasteiger partial charge >= 0.3 is 6.03 Å². The lowest BCUT2D eigenvalue weighted by Crippen LogP contribution is -2.50. The molecule has 3 aliphatic rings. The Hall–Kier alpha value is -1.62. The summed E-state index contributed by atoms with van der Waals surface area (Å²) in [6.07, 6.45) is 9.14. The van der Waals surface area contributed by atoms with Gasteiger partial charge in [0, 0.05) is 38.9 Å². The summed E-state index contributed by atoms with van der Waals surface area (Å²) in [5.41, 5.74) is 1.65. The van der Waals surface area contributed by atoms with Gasteiger partial charge < -0.3 is 9.80 Å². The molecule has 0 saturated carbocycles. The van der Waals surface area contributed by atoms with Gasteiger partial charge in [-0.15, -0.1) is 0 Å². The van der Waals surface area contributed by atoms with Crippen LogP contribution in [0.2, 0.25) is 0 Å². The number of rotatable bonds is 2. The molecular weight excluding hydrogens is 312 g/mol. The fourth-order valence-corrected chi connectivity index (χ4v) is 4.69. The largest absolute Gasteiger partial charge is 0.325 e. The minimum absolute atomic E-state index is 0.292. The molecule has 1 aromatic rings. The van der Waals surface area contributed by atoms with Crippen molar-refractivity contribution in [2.75, 3.05) is 39.3 Å². The Bertz CT molecular complexity index is 567. The summed E-state index contributed by atoms with van der Waals surface area (Å²) in [6, 6.07) is 6.46. The smallest absolute Gasteiger partial charge is 0.319 e. The molecule has 2 amide bonds. The lowest BCUT2D eigenvalue weighted by atomic mass is 9.71. The number of hydrogen-bond donors (Lipinski definition) is 0. The number of carbonyl (C=O) groups is 1. The Morgan fingerprint density at radius 1 is 0.920 bits per heavy atom. The summed E-state index contributed by atoms with van der Waals surface area (Å²) in [5, 5.41) is 0. The van der Waals surface area contributed by atoms with Crippen LogP contribution >= 0.6 is 0 Å². The second-order valence-corrected chi connectivity index (χ2v) is 8.06. The number of amides is 2. The van der Waals surface area contributed by atoms with Crippen LogP contribution in [-0.4, -0.2) is 65.0 Å². The van der Waals surface area contributed by atoms with E-state index in [-0.39, 0.29) is 0 Å². The Labute approximate surface area is 151 Å². The molecule has 136 valence electrons. The second-order valence-electron chi connectivity index (χ2n) is 8.06. The van der Waals surface area contributed by atoms with Crippen LogP contribution in [0.15, 0.2) is 24.4 Å². The van der Waals surface area contributed by atoms with Gasteiger partial charge in [-0.3, -0.25) is 9.88 Å². The van der Waals surface area contributed by atoms with Crippen molar-refractivity contribution in [1.29, 1.82) is 0 Å². The van der Waals surface area contributed by atoms with E-state index in [1.165, 1.54) is 44.2 Å². The molecule has 25 heavy (non-hydrogen) atoms. The van der Waals surface area contributed by atoms with Gasteiger partial charge in [0.15, 0.2) is 0 Å². The third kappa shape index (κ3) is 3.81. The van der Waals surface area contributed by atoms with Crippen LogP contribution in [0.25, 0.3) is 0 Å². The third-order valence-electron chi connectivity index (χ3n) is 6.50. The van der Waals surface area contributed by atoms with Crippen molar-refractivity contribution in [2.45, 2.75) is 45.1 Å². The maximum absolute atomic E-state index is 12.6. The molecule has 5 nitrogen and oxygen atoms in total. The van der Waals surface area contributed by atoms with Gasteiger partial charge in [-0.1, -0.05) is 6.07 Å². The third-order valence-corrected chi connectivity index (χ3v) is 6.50. The zero-order valence-corrected chi connectivity index (χ0v) is 15.2. The van der Waals surface area contributed by atoms with Gasteiger partial charge in [0.25, 0.3) is 0 Å². The van der Waals surface area contributed by atoms with Gasteiger partial charge in [-0.05, 0) is 69.2 Å². The highest BCUT2D eigenvalue weighted by Gasteiger charge is 2.39. The van der Waals surface area contributed by atoms with Crippen LogP contribution in [0.4, 0.5) is 4.79 Å². The molecule has 0 atom stereocenters. The first-order valence-electron chi connectivity index (χ1n) is 9.90. The molecule has 4 rings (SSSR count). The van der Waals surface area contributed by atoms with Crippen molar-refractivity contribution in [3.63, 3.8) is 0 Å². The van der Waals surface area contributed by atoms with Gasteiger partial charge in [-0.25, -0.2) is 4.79 Å². The summed E-state index contributed by atoms with van der Waals surface area (Å²) >= 11 is 0. The van der Waals surface area contributed by atoms with E-state index >= 15 is 0 Å². The lowest BCUT2D eigenvalue weighted by molar-refractivity contribution is 0.0374. The molecule has 3 aliphatic heterocycles. The Morgan fingerprint density at radius 3 is 2.20 bits per heavy atom. The minimum Gasteiger partial charge on any atom is -0.325 e. The standard InChI is InChI=1S/C20H30N4O/c25-19(23-11-3-4-12-23)24-15-8-20(9-16-24)6-13-22(14-7-20)17-18-5-1-2-10-21-18/h1-2,5,10H,3-4,6-9,11-17H2. The predicted octanol–water partition coefficient (Wildman–Crippen LogP) is 2.98. The summed E-state index contributed by atoms with van der Waals surface area (Å²) < 4.78 is 0. The molecule has 0 bridgehead atoms. The normalized spacial score (nSPS) is 24.0. The van der Waals surface area contributed by atoms with Crippen LogP contribution < -0.4 is 0 Å². The van der Waals surface area contributed by atoms with E-state index in [9.17, 15) is 4.79 Å². The summed E-state index contributed by atoms with van der Waals surface area (Å²) in [7, 11) is 0. The fraction of sp³-hybridized carbons (Fsp3) is 0.700. The number of aromatic nitrogens is 1. The van der Waals surface area contributed by atoms with Crippen LogP contribution in [0.3, 0.4) is 0 Å². The van der Waals surface area contributed by atoms with Gasteiger partial charge in [0.2, 0.25) is 0 Å². The fourth-order valence-electron chi connectivity index (χ4n) is 4.69. The van der Waals surface area contributed by atoms with Crippen LogP contribution in [0.5, 0.6) is 0 Å². The number of likely N-dealkylation sites (tertiary alicyclic amines) is 3. The molecule has 4 heterocycles. The molecule has 1 spiro atoms. The lowest BCUT2D eigenvalue weighted by Gasteiger charge is -2.47. The average Bonchev–Trinajstić information content (AvgIpc) is 3.20. The molecule has 0 radical (unpaired) electrons. The first-order chi connectivity index (χ1) is 12.2. The topological polar surface area (TPSA) is 39.7 Å². The van der Waals surface area contributed by atoms with E-state index in [0.29, 0.717) is 11.4 Å². The zero-order valence-electron chi connectivity index (χ0n) is 15.2. The van der Waals surface area contributed by atoms with Crippen molar-refractivity contribution in [1.82, 2.24) is 19.7 Å². The maximum Gasteiger partial charge on any atom is 0.319 e. The van der Waals surface area contributed by atoms with E-state index in [0.717, 1.165) is 45.8 Å². The Balaban J connectivity index is 1.26. The molecule has 5 heteroatoms. The molecule has 3 fully saturated rings. The van der Waals surface area contributed by atoms with E-state index in [2.05, 4.69) is 26.9 Å². The average molecular weight is 342 g/mol. The maximum atomic E-state index is 12.6. The van der Waals surface area contributed by atoms with E-state index in [1.54, 1.807) is 0 Å². The number of urea groups is 1. The predicted molar refractivity (Wildman–Crippen MR) is 98.2 cm³/mol. The van der Waals surface area contributed by atoms with Crippen molar-refractivity contribution >= 4 is 6.03 Å². The van der Waals surface area contributed by atoms with Gasteiger partial charge in [0.1, 0.15) is 0 Å². The van der Waals surface area contributed by atoms with Crippen molar-refractivity contribution < 1.29 is 4.79 Å². The quantitative estimate of drug-likeness (QED) is 0.829. The van der Waals surface area contributed by atoms with E-state index < -0.39 is 0 Å². The number of hydrogen-bond acceptors (Lipinski definition) is 3. The number of piperidine rings is 2. The summed E-state index contributed by atoms with van der Waals surface area (Å²) in [5.74, 6) is 0. The summed E-state index contributed by atoms with van der Waals surface area (Å²) in [6.45, 7) is 7.13. The minimum atomic E-state index is 0.292. The highest BCUT2D eigenvalue weighted by Crippen LogP contribution is 2.41. The number of carbonyl (C=O) groups excluding carboxylic acids is 1. The van der Waals surface area contributed by atoms with Crippen molar-refractivity contribution in [3.05, 3.63) is 30.1 Å². The van der Waals surface area contributed by atoms with Gasteiger partial charge in [-0.2, -0.15) is 0 Å².